The van der Waals surface area contributed by atoms with Gasteiger partial charge >= 0.3 is 5.97 Å². The lowest BCUT2D eigenvalue weighted by Crippen LogP contribution is -2.17. The molecule has 92 valence electrons. The second kappa shape index (κ2) is 5.27. The summed E-state index contributed by atoms with van der Waals surface area (Å²) in [5.74, 6) is -0.348. The number of benzene rings is 1. The molecule has 1 heterocycles. The lowest BCUT2D eigenvalue weighted by atomic mass is 10.1. The number of cyclic esters (lactones) is 1. The smallest absolute Gasteiger partial charge is 0.331 e. The molecule has 0 amide bonds. The van der Waals surface area contributed by atoms with Gasteiger partial charge in [-0.1, -0.05) is 12.2 Å². The van der Waals surface area contributed by atoms with Gasteiger partial charge < -0.3 is 4.74 Å². The number of carbonyl (C=O) groups excluding carboxylic acids is 1. The number of nitro groups is 1. The molecule has 18 heavy (non-hydrogen) atoms. The summed E-state index contributed by atoms with van der Waals surface area (Å²) in [5, 5.41) is 10.5. The lowest BCUT2D eigenvalue weighted by Gasteiger charge is -2.14. The number of rotatable bonds is 3. The van der Waals surface area contributed by atoms with Gasteiger partial charge in [0.15, 0.2) is 0 Å². The van der Waals surface area contributed by atoms with E-state index in [2.05, 4.69) is 0 Å². The maximum absolute atomic E-state index is 11.0. The third kappa shape index (κ3) is 3.04. The predicted molar refractivity (Wildman–Crippen MR) is 65.8 cm³/mol. The quantitative estimate of drug-likeness (QED) is 0.466. The number of nitrogens with zero attached hydrogens (tertiary/aromatic N) is 1. The summed E-state index contributed by atoms with van der Waals surface area (Å²) in [7, 11) is 0. The van der Waals surface area contributed by atoms with Crippen LogP contribution in [0.25, 0.3) is 6.08 Å². The molecule has 0 aliphatic carbocycles. The van der Waals surface area contributed by atoms with Gasteiger partial charge in [-0.2, -0.15) is 0 Å². The SMILES string of the molecule is O=C1C=CC[C@@H](C=Cc2ccc([N+](=O)[O-])cc2)O1. The standard InChI is InChI=1S/C13H11NO4/c15-13-3-1-2-12(18-13)9-6-10-4-7-11(8-5-10)14(16)17/h1,3-9,12H,2H2/t12-/m0/s1. The monoisotopic (exact) mass is 245 g/mol. The van der Waals surface area contributed by atoms with Crippen molar-refractivity contribution in [1.82, 2.24) is 0 Å². The highest BCUT2D eigenvalue weighted by molar-refractivity contribution is 5.83. The summed E-state index contributed by atoms with van der Waals surface area (Å²) in [6.07, 6.45) is 7.09. The summed E-state index contributed by atoms with van der Waals surface area (Å²) < 4.78 is 5.05. The Balaban J connectivity index is 2.03. The van der Waals surface area contributed by atoms with E-state index in [1.807, 2.05) is 0 Å². The van der Waals surface area contributed by atoms with Crippen LogP contribution in [0.2, 0.25) is 0 Å². The van der Waals surface area contributed by atoms with E-state index in [9.17, 15) is 14.9 Å². The van der Waals surface area contributed by atoms with Crippen molar-refractivity contribution in [3.8, 4) is 0 Å². The van der Waals surface area contributed by atoms with E-state index in [-0.39, 0.29) is 17.8 Å². The minimum absolute atomic E-state index is 0.0548. The molecule has 5 heteroatoms. The lowest BCUT2D eigenvalue weighted by molar-refractivity contribution is -0.384. The molecule has 1 aromatic rings. The maximum Gasteiger partial charge on any atom is 0.331 e. The van der Waals surface area contributed by atoms with Crippen LogP contribution in [0.15, 0.2) is 42.5 Å². The summed E-state index contributed by atoms with van der Waals surface area (Å²) >= 11 is 0. The molecule has 0 spiro atoms. The van der Waals surface area contributed by atoms with E-state index in [1.165, 1.54) is 18.2 Å². The first kappa shape index (κ1) is 12.0. The van der Waals surface area contributed by atoms with E-state index in [0.717, 1.165) is 5.56 Å². The number of ether oxygens (including phenoxy) is 1. The van der Waals surface area contributed by atoms with Crippen LogP contribution in [0.1, 0.15) is 12.0 Å². The molecule has 0 N–H and O–H groups in total. The van der Waals surface area contributed by atoms with Gasteiger partial charge in [-0.3, -0.25) is 10.1 Å². The van der Waals surface area contributed by atoms with E-state index in [1.54, 1.807) is 30.4 Å². The zero-order valence-corrected chi connectivity index (χ0v) is 9.48. The average Bonchev–Trinajstić information content (AvgIpc) is 2.37. The van der Waals surface area contributed by atoms with Crippen LogP contribution in [0.5, 0.6) is 0 Å². The molecule has 1 aromatic carbocycles. The van der Waals surface area contributed by atoms with Crippen LogP contribution in [0.3, 0.4) is 0 Å². The van der Waals surface area contributed by atoms with Crippen molar-refractivity contribution in [3.05, 3.63) is 58.2 Å². The van der Waals surface area contributed by atoms with Crippen LogP contribution in [-0.4, -0.2) is 17.0 Å². The van der Waals surface area contributed by atoms with Crippen molar-refractivity contribution in [2.45, 2.75) is 12.5 Å². The van der Waals surface area contributed by atoms with E-state index in [0.29, 0.717) is 6.42 Å². The largest absolute Gasteiger partial charge is 0.455 e. The van der Waals surface area contributed by atoms with Gasteiger partial charge in [0, 0.05) is 24.6 Å². The Morgan fingerprint density at radius 3 is 2.67 bits per heavy atom. The predicted octanol–water partition coefficient (Wildman–Crippen LogP) is 2.48. The van der Waals surface area contributed by atoms with Gasteiger partial charge in [-0.15, -0.1) is 0 Å². The fourth-order valence-electron chi connectivity index (χ4n) is 1.58. The van der Waals surface area contributed by atoms with Crippen molar-refractivity contribution in [2.75, 3.05) is 0 Å². The van der Waals surface area contributed by atoms with Crippen LogP contribution in [0.4, 0.5) is 5.69 Å². The highest BCUT2D eigenvalue weighted by Crippen LogP contribution is 2.15. The Morgan fingerprint density at radius 2 is 2.06 bits per heavy atom. The molecule has 0 unspecified atom stereocenters. The summed E-state index contributed by atoms with van der Waals surface area (Å²) in [4.78, 5) is 21.0. The number of carbonyl (C=O) groups is 1. The molecule has 2 rings (SSSR count). The first-order valence-corrected chi connectivity index (χ1v) is 5.45. The molecular formula is C13H11NO4. The molecule has 1 aliphatic heterocycles. The zero-order chi connectivity index (χ0) is 13.0. The Labute approximate surface area is 104 Å². The first-order chi connectivity index (χ1) is 8.65. The van der Waals surface area contributed by atoms with Gasteiger partial charge in [-0.05, 0) is 23.8 Å². The van der Waals surface area contributed by atoms with Crippen molar-refractivity contribution in [3.63, 3.8) is 0 Å². The van der Waals surface area contributed by atoms with Gasteiger partial charge in [-0.25, -0.2) is 4.79 Å². The molecule has 0 saturated heterocycles. The highest BCUT2D eigenvalue weighted by atomic mass is 16.6. The van der Waals surface area contributed by atoms with Crippen molar-refractivity contribution in [1.29, 1.82) is 0 Å². The fourth-order valence-corrected chi connectivity index (χ4v) is 1.58. The molecule has 0 saturated carbocycles. The molecular weight excluding hydrogens is 234 g/mol. The highest BCUT2D eigenvalue weighted by Gasteiger charge is 2.12. The van der Waals surface area contributed by atoms with Crippen molar-refractivity contribution < 1.29 is 14.5 Å². The van der Waals surface area contributed by atoms with Crippen molar-refractivity contribution in [2.24, 2.45) is 0 Å². The second-order valence-corrected chi connectivity index (χ2v) is 3.82. The minimum Gasteiger partial charge on any atom is -0.455 e. The third-order valence-electron chi connectivity index (χ3n) is 2.50. The zero-order valence-electron chi connectivity index (χ0n) is 9.48. The first-order valence-electron chi connectivity index (χ1n) is 5.45. The topological polar surface area (TPSA) is 69.4 Å². The summed E-state index contributed by atoms with van der Waals surface area (Å²) in [6, 6.07) is 6.17. The minimum atomic E-state index is -0.443. The van der Waals surface area contributed by atoms with Crippen LogP contribution in [-0.2, 0) is 9.53 Å². The molecule has 5 nitrogen and oxygen atoms in total. The molecule has 0 aromatic heterocycles. The van der Waals surface area contributed by atoms with Crippen LogP contribution in [0, 0.1) is 10.1 Å². The molecule has 1 atom stereocenters. The summed E-state index contributed by atoms with van der Waals surface area (Å²) in [6.45, 7) is 0. The van der Waals surface area contributed by atoms with E-state index in [4.69, 9.17) is 4.74 Å². The van der Waals surface area contributed by atoms with Crippen LogP contribution < -0.4 is 0 Å². The van der Waals surface area contributed by atoms with Gasteiger partial charge in [0.2, 0.25) is 0 Å². The number of hydrogen-bond donors (Lipinski definition) is 0. The van der Waals surface area contributed by atoms with E-state index < -0.39 is 4.92 Å². The maximum atomic E-state index is 11.0. The number of esters is 1. The Bertz CT molecular complexity index is 516. The number of nitro benzene ring substituents is 1. The van der Waals surface area contributed by atoms with Gasteiger partial charge in [0.1, 0.15) is 6.10 Å². The second-order valence-electron chi connectivity index (χ2n) is 3.82. The average molecular weight is 245 g/mol. The number of hydrogen-bond acceptors (Lipinski definition) is 4. The third-order valence-corrected chi connectivity index (χ3v) is 2.50. The summed E-state index contributed by atoms with van der Waals surface area (Å²) in [5.41, 5.74) is 0.880. The number of non-ortho nitro benzene ring substituents is 1. The molecule has 0 bridgehead atoms. The fraction of sp³-hybridized carbons (Fsp3) is 0.154. The van der Waals surface area contributed by atoms with Gasteiger partial charge in [0.05, 0.1) is 4.92 Å². The van der Waals surface area contributed by atoms with Crippen molar-refractivity contribution >= 4 is 17.7 Å². The molecule has 0 fully saturated rings. The molecule has 1 aliphatic rings. The Morgan fingerprint density at radius 1 is 1.33 bits per heavy atom. The normalized spacial score (nSPS) is 18.9. The van der Waals surface area contributed by atoms with Crippen LogP contribution >= 0.6 is 0 Å². The van der Waals surface area contributed by atoms with Gasteiger partial charge in [0.25, 0.3) is 5.69 Å². The Hall–Kier alpha value is -2.43. The molecule has 0 radical (unpaired) electrons. The van der Waals surface area contributed by atoms with E-state index >= 15 is 0 Å². The Kier molecular flexibility index (Phi) is 3.52.